The molecule has 5 aromatic rings. The van der Waals surface area contributed by atoms with Gasteiger partial charge in [-0.05, 0) is 58.7 Å². The van der Waals surface area contributed by atoms with Gasteiger partial charge in [0.15, 0.2) is 0 Å². The third-order valence-corrected chi connectivity index (χ3v) is 5.84. The van der Waals surface area contributed by atoms with Crippen LogP contribution in [0.4, 0.5) is 11.4 Å². The fourth-order valence-corrected chi connectivity index (χ4v) is 3.90. The molecule has 0 fully saturated rings. The van der Waals surface area contributed by atoms with Crippen molar-refractivity contribution in [3.63, 3.8) is 0 Å². The molecule has 0 amide bonds. The molecule has 5 aromatic carbocycles. The Bertz CT molecular complexity index is 1430. The van der Waals surface area contributed by atoms with Crippen LogP contribution in [0.3, 0.4) is 0 Å². The van der Waals surface area contributed by atoms with Crippen LogP contribution in [0.15, 0.2) is 131 Å². The van der Waals surface area contributed by atoms with Crippen molar-refractivity contribution >= 4 is 23.8 Å². The van der Waals surface area contributed by atoms with Crippen LogP contribution in [-0.2, 0) is 21.1 Å². The van der Waals surface area contributed by atoms with Crippen LogP contribution in [0.25, 0.3) is 22.3 Å². The Morgan fingerprint density at radius 2 is 0.811 bits per heavy atom. The van der Waals surface area contributed by atoms with Crippen LogP contribution < -0.4 is 0 Å². The molecule has 0 spiro atoms. The van der Waals surface area contributed by atoms with Crippen molar-refractivity contribution in [2.24, 2.45) is 9.98 Å². The standard InChI is InChI=1S/C32H24N2O2.Pt/c35-31-17-15-25(23-9-3-1-4-10-23)19-27(31)21-33-29-13-7-8-14-30(29)34-22-28-20-26(16-18-32(28)36)24-11-5-2-6-12-24;/h1-22,35-36H;. The van der Waals surface area contributed by atoms with Gasteiger partial charge in [-0.1, -0.05) is 84.9 Å². The fraction of sp³-hybridized carbons (Fsp3) is 0. The van der Waals surface area contributed by atoms with Crippen molar-refractivity contribution in [2.45, 2.75) is 0 Å². The molecular formula is C32H24N2O2Pt. The van der Waals surface area contributed by atoms with Crippen LogP contribution in [-0.4, -0.2) is 22.6 Å². The summed E-state index contributed by atoms with van der Waals surface area (Å²) in [6.45, 7) is 0. The molecular weight excluding hydrogens is 639 g/mol. The number of nitrogens with zero attached hydrogens (tertiary/aromatic N) is 2. The zero-order valence-electron chi connectivity index (χ0n) is 19.8. The molecule has 184 valence electrons. The molecule has 5 rings (SSSR count). The molecule has 0 atom stereocenters. The Labute approximate surface area is 230 Å². The van der Waals surface area contributed by atoms with Crippen LogP contribution in [0.1, 0.15) is 11.1 Å². The Morgan fingerprint density at radius 3 is 1.22 bits per heavy atom. The first-order chi connectivity index (χ1) is 17.7. The van der Waals surface area contributed by atoms with Gasteiger partial charge < -0.3 is 10.2 Å². The molecule has 0 aromatic heterocycles. The third kappa shape index (κ3) is 6.30. The minimum atomic E-state index is 0. The van der Waals surface area contributed by atoms with Crippen molar-refractivity contribution in [2.75, 3.05) is 0 Å². The molecule has 37 heavy (non-hydrogen) atoms. The molecule has 0 bridgehead atoms. The number of aromatic hydroxyl groups is 2. The zero-order valence-corrected chi connectivity index (χ0v) is 22.1. The minimum Gasteiger partial charge on any atom is -0.507 e. The van der Waals surface area contributed by atoms with E-state index < -0.39 is 0 Å². The smallest absolute Gasteiger partial charge is 0.124 e. The summed E-state index contributed by atoms with van der Waals surface area (Å²) in [5.41, 5.74) is 6.65. The Balaban J connectivity index is 0.00000320. The van der Waals surface area contributed by atoms with Crippen LogP contribution in [0.5, 0.6) is 11.5 Å². The summed E-state index contributed by atoms with van der Waals surface area (Å²) in [5, 5.41) is 20.8. The summed E-state index contributed by atoms with van der Waals surface area (Å²) < 4.78 is 0. The van der Waals surface area contributed by atoms with E-state index in [0.717, 1.165) is 22.3 Å². The van der Waals surface area contributed by atoms with E-state index in [-0.39, 0.29) is 32.6 Å². The van der Waals surface area contributed by atoms with Gasteiger partial charge in [-0.25, -0.2) is 0 Å². The number of hydrogen-bond donors (Lipinski definition) is 2. The van der Waals surface area contributed by atoms with Gasteiger partial charge in [0.05, 0.1) is 11.4 Å². The van der Waals surface area contributed by atoms with Crippen LogP contribution >= 0.6 is 0 Å². The molecule has 2 N–H and O–H groups in total. The second kappa shape index (κ2) is 12.1. The van der Waals surface area contributed by atoms with Crippen molar-refractivity contribution in [3.8, 4) is 33.8 Å². The van der Waals surface area contributed by atoms with E-state index in [1.54, 1.807) is 24.6 Å². The summed E-state index contributed by atoms with van der Waals surface area (Å²) in [6, 6.07) is 38.4. The van der Waals surface area contributed by atoms with Gasteiger partial charge in [-0.15, -0.1) is 0 Å². The second-order valence-corrected chi connectivity index (χ2v) is 8.28. The number of benzene rings is 5. The van der Waals surface area contributed by atoms with Gasteiger partial charge in [0.1, 0.15) is 11.5 Å². The molecule has 4 nitrogen and oxygen atoms in total. The SMILES string of the molecule is Oc1ccc(-c2ccccc2)cc1C=Nc1ccccc1N=Cc1cc(-c2ccccc2)ccc1O.[Pt]. The molecule has 0 aliphatic rings. The maximum Gasteiger partial charge on any atom is 0.124 e. The van der Waals surface area contributed by atoms with E-state index in [1.165, 1.54) is 0 Å². The first-order valence-electron chi connectivity index (χ1n) is 11.6. The zero-order chi connectivity index (χ0) is 24.7. The van der Waals surface area contributed by atoms with Crippen molar-refractivity contribution < 1.29 is 31.3 Å². The van der Waals surface area contributed by atoms with Gasteiger partial charge in [-0.3, -0.25) is 9.98 Å². The van der Waals surface area contributed by atoms with E-state index in [0.29, 0.717) is 22.5 Å². The monoisotopic (exact) mass is 663 g/mol. The summed E-state index contributed by atoms with van der Waals surface area (Å²) in [5.74, 6) is 0.309. The topological polar surface area (TPSA) is 65.2 Å². The number of phenolic OH excluding ortho intramolecular Hbond substituents is 2. The Kier molecular flexibility index (Phi) is 8.45. The normalized spacial score (nSPS) is 11.0. The third-order valence-electron chi connectivity index (χ3n) is 5.84. The molecule has 0 aliphatic heterocycles. The number of hydrogen-bond acceptors (Lipinski definition) is 4. The first kappa shape index (κ1) is 25.8. The maximum atomic E-state index is 10.4. The second-order valence-electron chi connectivity index (χ2n) is 8.28. The molecule has 0 saturated heterocycles. The van der Waals surface area contributed by atoms with Gasteiger partial charge >= 0.3 is 0 Å². The Hall–Kier alpha value is -4.27. The molecule has 0 unspecified atom stereocenters. The maximum absolute atomic E-state index is 10.4. The predicted molar refractivity (Wildman–Crippen MR) is 148 cm³/mol. The predicted octanol–water partition coefficient (Wildman–Crippen LogP) is 7.93. The average Bonchev–Trinajstić information content (AvgIpc) is 2.93. The molecule has 0 radical (unpaired) electrons. The average molecular weight is 664 g/mol. The van der Waals surface area contributed by atoms with Gasteiger partial charge in [0.2, 0.25) is 0 Å². The van der Waals surface area contributed by atoms with E-state index in [1.807, 2.05) is 109 Å². The molecule has 0 saturated carbocycles. The number of rotatable bonds is 6. The minimum absolute atomic E-state index is 0. The summed E-state index contributed by atoms with van der Waals surface area (Å²) in [6.07, 6.45) is 3.28. The van der Waals surface area contributed by atoms with Crippen LogP contribution in [0.2, 0.25) is 0 Å². The number of phenols is 2. The molecule has 5 heteroatoms. The number of para-hydroxylation sites is 2. The van der Waals surface area contributed by atoms with E-state index in [4.69, 9.17) is 0 Å². The molecule has 0 heterocycles. The summed E-state index contributed by atoms with van der Waals surface area (Å²) >= 11 is 0. The molecule has 0 aliphatic carbocycles. The number of aliphatic imine (C=N–C) groups is 2. The summed E-state index contributed by atoms with van der Waals surface area (Å²) in [4.78, 5) is 9.22. The van der Waals surface area contributed by atoms with Crippen molar-refractivity contribution in [1.29, 1.82) is 0 Å². The largest absolute Gasteiger partial charge is 0.507 e. The first-order valence-corrected chi connectivity index (χ1v) is 11.6. The van der Waals surface area contributed by atoms with E-state index in [2.05, 4.69) is 9.98 Å². The summed E-state index contributed by atoms with van der Waals surface area (Å²) in [7, 11) is 0. The van der Waals surface area contributed by atoms with E-state index in [9.17, 15) is 10.2 Å². The van der Waals surface area contributed by atoms with Crippen molar-refractivity contribution in [3.05, 3.63) is 132 Å². The van der Waals surface area contributed by atoms with Crippen LogP contribution in [0, 0.1) is 0 Å². The fourth-order valence-electron chi connectivity index (χ4n) is 3.90. The van der Waals surface area contributed by atoms with Gasteiger partial charge in [0.25, 0.3) is 0 Å². The van der Waals surface area contributed by atoms with E-state index >= 15 is 0 Å². The van der Waals surface area contributed by atoms with Gasteiger partial charge in [-0.2, -0.15) is 0 Å². The van der Waals surface area contributed by atoms with Crippen molar-refractivity contribution in [1.82, 2.24) is 0 Å². The Morgan fingerprint density at radius 1 is 0.432 bits per heavy atom. The van der Waals surface area contributed by atoms with Gasteiger partial charge in [0, 0.05) is 44.6 Å². The quantitative estimate of drug-likeness (QED) is 0.181.